The Kier molecular flexibility index (Phi) is 6.32. The van der Waals surface area contributed by atoms with Crippen LogP contribution in [0.15, 0.2) is 29.3 Å². The van der Waals surface area contributed by atoms with Crippen LogP contribution in [0.3, 0.4) is 0 Å². The molecule has 2 fully saturated rings. The van der Waals surface area contributed by atoms with E-state index in [9.17, 15) is 9.59 Å². The van der Waals surface area contributed by atoms with Crippen molar-refractivity contribution in [3.8, 4) is 0 Å². The number of carbonyl (C=O) groups excluding carboxylic acids is 1. The zero-order valence-electron chi connectivity index (χ0n) is 18.5. The number of hydrogen-bond acceptors (Lipinski definition) is 6. The summed E-state index contributed by atoms with van der Waals surface area (Å²) < 4.78 is 5.73. The Labute approximate surface area is 188 Å². The summed E-state index contributed by atoms with van der Waals surface area (Å²) in [6.45, 7) is 4.39. The summed E-state index contributed by atoms with van der Waals surface area (Å²) in [6, 6.07) is 4.02. The smallest absolute Gasteiger partial charge is 0.254 e. The first-order valence-electron chi connectivity index (χ1n) is 11.8. The van der Waals surface area contributed by atoms with Crippen molar-refractivity contribution < 1.29 is 9.53 Å². The van der Waals surface area contributed by atoms with Crippen LogP contribution < -0.4 is 5.56 Å². The second kappa shape index (κ2) is 9.50. The SMILES string of the molecule is O=C(C[C@H]1CCCCO1)N1CC[C@H](c2nc3c(c(=O)[nH]2)CCN(Cc2cccnc2)C3)C1. The Hall–Kier alpha value is -2.58. The average molecular weight is 438 g/mol. The summed E-state index contributed by atoms with van der Waals surface area (Å²) in [5.41, 5.74) is 2.81. The van der Waals surface area contributed by atoms with E-state index in [0.29, 0.717) is 32.5 Å². The number of carbonyl (C=O) groups is 1. The Morgan fingerprint density at radius 2 is 2.19 bits per heavy atom. The molecule has 1 N–H and O–H groups in total. The third-order valence-electron chi connectivity index (χ3n) is 6.90. The lowest BCUT2D eigenvalue weighted by atomic mass is 10.0. The highest BCUT2D eigenvalue weighted by atomic mass is 16.5. The molecule has 2 saturated heterocycles. The molecule has 0 spiro atoms. The van der Waals surface area contributed by atoms with Gasteiger partial charge < -0.3 is 14.6 Å². The van der Waals surface area contributed by atoms with Gasteiger partial charge in [0.25, 0.3) is 5.56 Å². The summed E-state index contributed by atoms with van der Waals surface area (Å²) in [6.07, 6.45) is 8.92. The summed E-state index contributed by atoms with van der Waals surface area (Å²) in [5.74, 6) is 0.960. The third-order valence-corrected chi connectivity index (χ3v) is 6.90. The van der Waals surface area contributed by atoms with Crippen LogP contribution in [0.5, 0.6) is 0 Å². The predicted octanol–water partition coefficient (Wildman–Crippen LogP) is 2.00. The molecule has 8 nitrogen and oxygen atoms in total. The maximum Gasteiger partial charge on any atom is 0.254 e. The van der Waals surface area contributed by atoms with Gasteiger partial charge in [0.15, 0.2) is 0 Å². The molecule has 32 heavy (non-hydrogen) atoms. The van der Waals surface area contributed by atoms with E-state index in [1.807, 2.05) is 17.2 Å². The summed E-state index contributed by atoms with van der Waals surface area (Å²) in [4.78, 5) is 41.8. The predicted molar refractivity (Wildman–Crippen MR) is 119 cm³/mol. The molecule has 0 radical (unpaired) electrons. The van der Waals surface area contributed by atoms with Gasteiger partial charge in [-0.15, -0.1) is 0 Å². The molecule has 8 heteroatoms. The Balaban J connectivity index is 1.24. The number of nitrogens with zero attached hydrogens (tertiary/aromatic N) is 4. The van der Waals surface area contributed by atoms with Gasteiger partial charge in [0.2, 0.25) is 5.91 Å². The van der Waals surface area contributed by atoms with Gasteiger partial charge >= 0.3 is 0 Å². The minimum absolute atomic E-state index is 0.0218. The molecule has 0 aromatic carbocycles. The van der Waals surface area contributed by atoms with Gasteiger partial charge in [0, 0.05) is 63.2 Å². The molecule has 5 heterocycles. The third kappa shape index (κ3) is 4.76. The topological polar surface area (TPSA) is 91.4 Å². The number of aromatic nitrogens is 3. The number of pyridine rings is 1. The molecular formula is C24H31N5O3. The largest absolute Gasteiger partial charge is 0.378 e. The van der Waals surface area contributed by atoms with Crippen molar-refractivity contribution >= 4 is 5.91 Å². The highest BCUT2D eigenvalue weighted by molar-refractivity contribution is 5.77. The molecular weight excluding hydrogens is 406 g/mol. The number of ether oxygens (including phenoxy) is 1. The van der Waals surface area contributed by atoms with Gasteiger partial charge in [-0.2, -0.15) is 0 Å². The Bertz CT molecular complexity index is 1000. The van der Waals surface area contributed by atoms with Gasteiger partial charge in [-0.05, 0) is 43.7 Å². The highest BCUT2D eigenvalue weighted by Gasteiger charge is 2.32. The first-order chi connectivity index (χ1) is 15.7. The summed E-state index contributed by atoms with van der Waals surface area (Å²) in [5, 5.41) is 0. The van der Waals surface area contributed by atoms with E-state index in [0.717, 1.165) is 68.0 Å². The van der Waals surface area contributed by atoms with Crippen molar-refractivity contribution in [3.05, 3.63) is 57.5 Å². The summed E-state index contributed by atoms with van der Waals surface area (Å²) >= 11 is 0. The number of nitrogens with one attached hydrogen (secondary N) is 1. The van der Waals surface area contributed by atoms with Crippen LogP contribution in [-0.4, -0.2) is 63.0 Å². The number of H-pyrrole nitrogens is 1. The normalized spacial score (nSPS) is 23.8. The average Bonchev–Trinajstić information content (AvgIpc) is 3.31. The molecule has 5 rings (SSSR count). The van der Waals surface area contributed by atoms with Crippen LogP contribution in [0.2, 0.25) is 0 Å². The second-order valence-electron chi connectivity index (χ2n) is 9.22. The van der Waals surface area contributed by atoms with Crippen LogP contribution >= 0.6 is 0 Å². The monoisotopic (exact) mass is 437 g/mol. The van der Waals surface area contributed by atoms with Crippen LogP contribution in [0, 0.1) is 0 Å². The van der Waals surface area contributed by atoms with Crippen molar-refractivity contribution in [2.75, 3.05) is 26.2 Å². The first-order valence-corrected chi connectivity index (χ1v) is 11.8. The zero-order chi connectivity index (χ0) is 21.9. The number of fused-ring (bicyclic) bond motifs is 1. The number of hydrogen-bond donors (Lipinski definition) is 1. The number of rotatable bonds is 5. The van der Waals surface area contributed by atoms with E-state index >= 15 is 0 Å². The molecule has 170 valence electrons. The van der Waals surface area contributed by atoms with Crippen LogP contribution in [0.4, 0.5) is 0 Å². The Morgan fingerprint density at radius 1 is 1.25 bits per heavy atom. The van der Waals surface area contributed by atoms with E-state index in [1.54, 1.807) is 6.20 Å². The van der Waals surface area contributed by atoms with Crippen molar-refractivity contribution in [1.82, 2.24) is 24.8 Å². The molecule has 0 unspecified atom stereocenters. The van der Waals surface area contributed by atoms with Gasteiger partial charge in [-0.1, -0.05) is 6.07 Å². The highest BCUT2D eigenvalue weighted by Crippen LogP contribution is 2.27. The quantitative estimate of drug-likeness (QED) is 0.769. The number of amides is 1. The minimum atomic E-state index is -0.0218. The van der Waals surface area contributed by atoms with Crippen LogP contribution in [-0.2, 0) is 29.0 Å². The van der Waals surface area contributed by atoms with E-state index in [1.165, 1.54) is 0 Å². The number of likely N-dealkylation sites (tertiary alicyclic amines) is 1. The van der Waals surface area contributed by atoms with Crippen LogP contribution in [0.25, 0.3) is 0 Å². The molecule has 2 atom stereocenters. The number of aromatic amines is 1. The molecule has 3 aliphatic rings. The van der Waals surface area contributed by atoms with Crippen molar-refractivity contribution in [2.45, 2.75) is 63.6 Å². The molecule has 0 saturated carbocycles. The van der Waals surface area contributed by atoms with Gasteiger partial charge in [0.05, 0.1) is 18.2 Å². The van der Waals surface area contributed by atoms with Gasteiger partial charge in [-0.3, -0.25) is 19.5 Å². The fraction of sp³-hybridized carbons (Fsp3) is 0.583. The van der Waals surface area contributed by atoms with Crippen molar-refractivity contribution in [1.29, 1.82) is 0 Å². The molecule has 1 amide bonds. The van der Waals surface area contributed by atoms with Gasteiger partial charge in [0.1, 0.15) is 5.82 Å². The van der Waals surface area contributed by atoms with E-state index < -0.39 is 0 Å². The van der Waals surface area contributed by atoms with Crippen molar-refractivity contribution in [2.24, 2.45) is 0 Å². The molecule has 2 aromatic rings. The molecule has 2 aromatic heterocycles. The fourth-order valence-corrected chi connectivity index (χ4v) is 5.09. The van der Waals surface area contributed by atoms with Crippen LogP contribution in [0.1, 0.15) is 60.7 Å². The van der Waals surface area contributed by atoms with E-state index in [2.05, 4.69) is 20.9 Å². The lowest BCUT2D eigenvalue weighted by molar-refractivity contribution is -0.134. The standard InChI is InChI=1S/C24H31N5O3/c30-22(12-19-5-1-2-11-32-19)29-10-6-18(15-29)23-26-21-16-28(9-7-20(21)24(31)27-23)14-17-4-3-8-25-13-17/h3-4,8,13,18-19H,1-2,5-7,9-12,14-16H2,(H,26,27,31)/t18-,19+/m0/s1. The zero-order valence-corrected chi connectivity index (χ0v) is 18.5. The lowest BCUT2D eigenvalue weighted by Crippen LogP contribution is -2.36. The molecule has 0 bridgehead atoms. The van der Waals surface area contributed by atoms with Gasteiger partial charge in [-0.25, -0.2) is 4.98 Å². The first kappa shape index (κ1) is 21.3. The maximum absolute atomic E-state index is 12.8. The summed E-state index contributed by atoms with van der Waals surface area (Å²) in [7, 11) is 0. The minimum Gasteiger partial charge on any atom is -0.378 e. The Morgan fingerprint density at radius 3 is 3.00 bits per heavy atom. The second-order valence-corrected chi connectivity index (χ2v) is 9.22. The lowest BCUT2D eigenvalue weighted by Gasteiger charge is -2.28. The van der Waals surface area contributed by atoms with E-state index in [4.69, 9.17) is 9.72 Å². The maximum atomic E-state index is 12.8. The van der Waals surface area contributed by atoms with E-state index in [-0.39, 0.29) is 23.5 Å². The molecule has 3 aliphatic heterocycles. The van der Waals surface area contributed by atoms with Crippen molar-refractivity contribution in [3.63, 3.8) is 0 Å². The molecule has 0 aliphatic carbocycles. The fourth-order valence-electron chi connectivity index (χ4n) is 5.09.